The van der Waals surface area contributed by atoms with Crippen LogP contribution in [0.5, 0.6) is 0 Å². The average molecular weight is 325 g/mol. The van der Waals surface area contributed by atoms with Crippen LogP contribution >= 0.6 is 0 Å². The fourth-order valence-electron chi connectivity index (χ4n) is 2.82. The van der Waals surface area contributed by atoms with Crippen molar-refractivity contribution in [2.75, 3.05) is 39.5 Å². The molecule has 2 aliphatic rings. The fraction of sp³-hybridized carbons (Fsp3) is 0.944. The van der Waals surface area contributed by atoms with E-state index in [9.17, 15) is 0 Å². The van der Waals surface area contributed by atoms with Crippen molar-refractivity contribution in [2.24, 2.45) is 10.9 Å². The molecule has 0 bridgehead atoms. The summed E-state index contributed by atoms with van der Waals surface area (Å²) in [6, 6.07) is 0. The number of rotatable bonds is 12. The van der Waals surface area contributed by atoms with Crippen molar-refractivity contribution >= 4 is 5.96 Å². The number of aliphatic imine (C=N–C) groups is 1. The Hall–Kier alpha value is -0.810. The van der Waals surface area contributed by atoms with Crippen LogP contribution in [0.15, 0.2) is 4.99 Å². The third-order valence-electron chi connectivity index (χ3n) is 4.38. The lowest BCUT2D eigenvalue weighted by Gasteiger charge is -2.13. The predicted octanol–water partition coefficient (Wildman–Crippen LogP) is 2.71. The minimum absolute atomic E-state index is 0.521. The van der Waals surface area contributed by atoms with Gasteiger partial charge in [-0.1, -0.05) is 12.8 Å². The number of nitrogens with zero attached hydrogens (tertiary/aromatic N) is 1. The molecule has 2 rings (SSSR count). The van der Waals surface area contributed by atoms with Crippen molar-refractivity contribution in [3.05, 3.63) is 0 Å². The Labute approximate surface area is 141 Å². The van der Waals surface area contributed by atoms with Crippen molar-refractivity contribution in [3.63, 3.8) is 0 Å². The van der Waals surface area contributed by atoms with Gasteiger partial charge in [-0.3, -0.25) is 4.99 Å². The normalized spacial score (nSPS) is 19.3. The van der Waals surface area contributed by atoms with E-state index in [0.717, 1.165) is 64.2 Å². The second-order valence-corrected chi connectivity index (χ2v) is 6.69. The van der Waals surface area contributed by atoms with Crippen LogP contribution < -0.4 is 10.6 Å². The van der Waals surface area contributed by atoms with E-state index in [2.05, 4.69) is 22.5 Å². The van der Waals surface area contributed by atoms with E-state index >= 15 is 0 Å². The maximum absolute atomic E-state index is 5.88. The van der Waals surface area contributed by atoms with Crippen molar-refractivity contribution in [2.45, 2.75) is 64.4 Å². The third kappa shape index (κ3) is 9.16. The largest absolute Gasteiger partial charge is 0.381 e. The van der Waals surface area contributed by atoms with Crippen LogP contribution in [0, 0.1) is 5.92 Å². The quantitative estimate of drug-likeness (QED) is 0.329. The van der Waals surface area contributed by atoms with Crippen molar-refractivity contribution in [3.8, 4) is 0 Å². The molecule has 2 fully saturated rings. The first-order valence-corrected chi connectivity index (χ1v) is 9.60. The van der Waals surface area contributed by atoms with Crippen LogP contribution in [0.3, 0.4) is 0 Å². The fourth-order valence-corrected chi connectivity index (χ4v) is 2.82. The molecular weight excluding hydrogens is 290 g/mol. The zero-order chi connectivity index (χ0) is 16.2. The van der Waals surface area contributed by atoms with Crippen molar-refractivity contribution < 1.29 is 9.47 Å². The van der Waals surface area contributed by atoms with Gasteiger partial charge < -0.3 is 20.1 Å². The lowest BCUT2D eigenvalue weighted by Crippen LogP contribution is -2.38. The summed E-state index contributed by atoms with van der Waals surface area (Å²) < 4.78 is 11.5. The summed E-state index contributed by atoms with van der Waals surface area (Å²) in [6.07, 6.45) is 10.4. The maximum Gasteiger partial charge on any atom is 0.191 e. The minimum atomic E-state index is 0.521. The van der Waals surface area contributed by atoms with Gasteiger partial charge in [0.25, 0.3) is 0 Å². The number of ether oxygens (including phenoxy) is 2. The van der Waals surface area contributed by atoms with Gasteiger partial charge in [0.15, 0.2) is 5.96 Å². The molecule has 23 heavy (non-hydrogen) atoms. The Kier molecular flexibility index (Phi) is 9.41. The molecule has 0 aromatic heterocycles. The Morgan fingerprint density at radius 2 is 1.87 bits per heavy atom. The summed E-state index contributed by atoms with van der Waals surface area (Å²) >= 11 is 0. The summed E-state index contributed by atoms with van der Waals surface area (Å²) in [6.45, 7) is 7.35. The summed E-state index contributed by atoms with van der Waals surface area (Å²) in [5.74, 6) is 1.76. The van der Waals surface area contributed by atoms with Gasteiger partial charge in [0.05, 0.1) is 6.10 Å². The van der Waals surface area contributed by atoms with Gasteiger partial charge in [0.2, 0.25) is 0 Å². The molecule has 5 heteroatoms. The van der Waals surface area contributed by atoms with Crippen LogP contribution in [-0.4, -0.2) is 51.5 Å². The molecule has 0 aliphatic heterocycles. The molecule has 0 radical (unpaired) electrons. The highest BCUT2D eigenvalue weighted by molar-refractivity contribution is 5.79. The van der Waals surface area contributed by atoms with Crippen molar-refractivity contribution in [1.82, 2.24) is 10.6 Å². The Bertz CT molecular complexity index is 326. The predicted molar refractivity (Wildman–Crippen MR) is 95.0 cm³/mol. The molecule has 2 aliphatic carbocycles. The van der Waals surface area contributed by atoms with E-state index in [-0.39, 0.29) is 0 Å². The second kappa shape index (κ2) is 11.7. The van der Waals surface area contributed by atoms with E-state index in [4.69, 9.17) is 9.47 Å². The van der Waals surface area contributed by atoms with Gasteiger partial charge in [-0.15, -0.1) is 0 Å². The van der Waals surface area contributed by atoms with Crippen LogP contribution in [0.1, 0.15) is 58.3 Å². The molecule has 5 nitrogen and oxygen atoms in total. The molecule has 2 saturated carbocycles. The van der Waals surface area contributed by atoms with Gasteiger partial charge in [0, 0.05) is 39.5 Å². The molecule has 0 amide bonds. The topological polar surface area (TPSA) is 54.9 Å². The molecule has 0 atom stereocenters. The molecule has 134 valence electrons. The van der Waals surface area contributed by atoms with Gasteiger partial charge in [-0.25, -0.2) is 0 Å². The first kappa shape index (κ1) is 18.5. The van der Waals surface area contributed by atoms with Gasteiger partial charge in [0.1, 0.15) is 0 Å². The number of guanidine groups is 1. The summed E-state index contributed by atoms with van der Waals surface area (Å²) in [5, 5.41) is 6.67. The monoisotopic (exact) mass is 325 g/mol. The molecular formula is C18H35N3O2. The van der Waals surface area contributed by atoms with E-state index in [1.54, 1.807) is 0 Å². The lowest BCUT2D eigenvalue weighted by atomic mass is 10.3. The summed E-state index contributed by atoms with van der Waals surface area (Å²) in [5.41, 5.74) is 0. The SMILES string of the molecule is CCNC(=NCCCOCC1CC1)NCCCOC1CCCC1. The summed E-state index contributed by atoms with van der Waals surface area (Å²) in [4.78, 5) is 4.59. The lowest BCUT2D eigenvalue weighted by molar-refractivity contribution is 0.0574. The van der Waals surface area contributed by atoms with Crippen LogP contribution in [-0.2, 0) is 9.47 Å². The molecule has 0 aromatic rings. The molecule has 0 saturated heterocycles. The Morgan fingerprint density at radius 1 is 1.04 bits per heavy atom. The zero-order valence-electron chi connectivity index (χ0n) is 14.8. The molecule has 0 unspecified atom stereocenters. The molecule has 2 N–H and O–H groups in total. The first-order chi connectivity index (χ1) is 11.4. The highest BCUT2D eigenvalue weighted by atomic mass is 16.5. The second-order valence-electron chi connectivity index (χ2n) is 6.69. The van der Waals surface area contributed by atoms with Crippen LogP contribution in [0.2, 0.25) is 0 Å². The minimum Gasteiger partial charge on any atom is -0.381 e. The van der Waals surface area contributed by atoms with Crippen LogP contribution in [0.4, 0.5) is 0 Å². The van der Waals surface area contributed by atoms with E-state index in [0.29, 0.717) is 6.10 Å². The number of hydrogen-bond acceptors (Lipinski definition) is 3. The summed E-state index contributed by atoms with van der Waals surface area (Å²) in [7, 11) is 0. The molecule has 0 aromatic carbocycles. The number of hydrogen-bond donors (Lipinski definition) is 2. The van der Waals surface area contributed by atoms with E-state index in [1.165, 1.54) is 38.5 Å². The first-order valence-electron chi connectivity index (χ1n) is 9.60. The standard InChI is InChI=1S/C18H35N3O2/c1-2-19-18(20-11-5-13-22-15-16-9-10-16)21-12-6-14-23-17-7-3-4-8-17/h16-17H,2-15H2,1H3,(H2,19,20,21). The Morgan fingerprint density at radius 3 is 2.61 bits per heavy atom. The van der Waals surface area contributed by atoms with Crippen LogP contribution in [0.25, 0.3) is 0 Å². The number of nitrogens with one attached hydrogen (secondary N) is 2. The van der Waals surface area contributed by atoms with Gasteiger partial charge >= 0.3 is 0 Å². The third-order valence-corrected chi connectivity index (χ3v) is 4.38. The highest BCUT2D eigenvalue weighted by Crippen LogP contribution is 2.28. The maximum atomic E-state index is 5.88. The average Bonchev–Trinajstić information content (AvgIpc) is 3.23. The van der Waals surface area contributed by atoms with Gasteiger partial charge in [-0.2, -0.15) is 0 Å². The van der Waals surface area contributed by atoms with E-state index < -0.39 is 0 Å². The molecule has 0 heterocycles. The molecule has 0 spiro atoms. The van der Waals surface area contributed by atoms with E-state index in [1.807, 2.05) is 0 Å². The zero-order valence-corrected chi connectivity index (χ0v) is 14.8. The highest BCUT2D eigenvalue weighted by Gasteiger charge is 2.20. The van der Waals surface area contributed by atoms with Crippen molar-refractivity contribution in [1.29, 1.82) is 0 Å². The Balaban J connectivity index is 1.46. The van der Waals surface area contributed by atoms with Gasteiger partial charge in [-0.05, 0) is 51.4 Å². The smallest absolute Gasteiger partial charge is 0.191 e.